The number of alkyl halides is 4. The molecule has 0 radical (unpaired) electrons. The molecular formula is C8H3ClF5NO3. The molecule has 0 saturated carbocycles. The number of nitrogens with zero attached hydrogens (tertiary/aromatic N) is 1. The molecule has 0 aliphatic rings. The summed E-state index contributed by atoms with van der Waals surface area (Å²) in [6.07, 6.45) is -3.45. The van der Waals surface area contributed by atoms with Crippen LogP contribution in [0, 0.1) is 21.7 Å². The molecule has 0 spiro atoms. The van der Waals surface area contributed by atoms with Crippen LogP contribution in [0.25, 0.3) is 0 Å². The second-order valence-electron chi connectivity index (χ2n) is 2.97. The number of hydrogen-bond acceptors (Lipinski definition) is 3. The van der Waals surface area contributed by atoms with Crippen molar-refractivity contribution >= 4 is 17.3 Å². The summed E-state index contributed by atoms with van der Waals surface area (Å²) in [5, 5.41) is 5.82. The Morgan fingerprint density at radius 2 is 1.89 bits per heavy atom. The van der Waals surface area contributed by atoms with Crippen LogP contribution in [0.4, 0.5) is 27.6 Å². The standard InChI is InChI=1S/C8H3ClF5NO3/c9-8(13,14)7(12)18-6-2-5(15(16)17)3(10)1-4(6)11/h1-2,7H. The van der Waals surface area contributed by atoms with Gasteiger partial charge in [-0.3, -0.25) is 10.1 Å². The van der Waals surface area contributed by atoms with Gasteiger partial charge in [0, 0.05) is 6.07 Å². The summed E-state index contributed by atoms with van der Waals surface area (Å²) < 4.78 is 66.7. The molecular weight excluding hydrogens is 289 g/mol. The van der Waals surface area contributed by atoms with Gasteiger partial charge in [0.15, 0.2) is 11.6 Å². The first kappa shape index (κ1) is 14.4. The Labute approximate surface area is 101 Å². The Hall–Kier alpha value is -1.64. The maximum atomic E-state index is 13.0. The van der Waals surface area contributed by atoms with E-state index in [0.717, 1.165) is 0 Å². The van der Waals surface area contributed by atoms with E-state index in [1.807, 2.05) is 0 Å². The molecule has 18 heavy (non-hydrogen) atoms. The normalized spacial score (nSPS) is 13.2. The van der Waals surface area contributed by atoms with Gasteiger partial charge in [-0.1, -0.05) is 0 Å². The number of rotatable bonds is 4. The Balaban J connectivity index is 3.10. The minimum Gasteiger partial charge on any atom is -0.450 e. The summed E-state index contributed by atoms with van der Waals surface area (Å²) in [5.74, 6) is -4.39. The molecule has 1 rings (SSSR count). The van der Waals surface area contributed by atoms with E-state index in [2.05, 4.69) is 16.3 Å². The summed E-state index contributed by atoms with van der Waals surface area (Å²) in [6, 6.07) is 0.145. The van der Waals surface area contributed by atoms with E-state index in [-0.39, 0.29) is 12.1 Å². The van der Waals surface area contributed by atoms with Gasteiger partial charge in [0.2, 0.25) is 5.82 Å². The summed E-state index contributed by atoms with van der Waals surface area (Å²) in [4.78, 5) is 9.03. The van der Waals surface area contributed by atoms with Gasteiger partial charge in [0.1, 0.15) is 0 Å². The Bertz CT molecular complexity index is 479. The number of nitro benzene ring substituents is 1. The number of ether oxygens (including phenoxy) is 1. The quantitative estimate of drug-likeness (QED) is 0.370. The van der Waals surface area contributed by atoms with Crippen LogP contribution in [-0.2, 0) is 0 Å². The van der Waals surface area contributed by atoms with Crippen molar-refractivity contribution in [2.45, 2.75) is 11.7 Å². The van der Waals surface area contributed by atoms with Gasteiger partial charge in [-0.2, -0.15) is 17.6 Å². The molecule has 0 bridgehead atoms. The van der Waals surface area contributed by atoms with Gasteiger partial charge in [-0.15, -0.1) is 0 Å². The van der Waals surface area contributed by atoms with Crippen molar-refractivity contribution < 1.29 is 31.6 Å². The van der Waals surface area contributed by atoms with Crippen molar-refractivity contribution in [2.75, 3.05) is 0 Å². The molecule has 1 aromatic rings. The van der Waals surface area contributed by atoms with E-state index in [4.69, 9.17) is 0 Å². The van der Waals surface area contributed by atoms with Crippen LogP contribution in [-0.4, -0.2) is 16.7 Å². The van der Waals surface area contributed by atoms with E-state index in [1.54, 1.807) is 0 Å². The average Bonchev–Trinajstić information content (AvgIpc) is 2.19. The zero-order chi connectivity index (χ0) is 14.1. The number of hydrogen-bond donors (Lipinski definition) is 0. The Morgan fingerprint density at radius 3 is 2.33 bits per heavy atom. The maximum absolute atomic E-state index is 13.0. The molecule has 0 aliphatic heterocycles. The summed E-state index contributed by atoms with van der Waals surface area (Å²) >= 11 is 4.26. The van der Waals surface area contributed by atoms with Crippen molar-refractivity contribution in [3.8, 4) is 5.75 Å². The van der Waals surface area contributed by atoms with Crippen LogP contribution in [0.15, 0.2) is 12.1 Å². The van der Waals surface area contributed by atoms with E-state index in [9.17, 15) is 32.1 Å². The van der Waals surface area contributed by atoms with E-state index in [0.29, 0.717) is 0 Å². The minimum absolute atomic E-state index is 0.00651. The smallest absolute Gasteiger partial charge is 0.387 e. The summed E-state index contributed by atoms with van der Waals surface area (Å²) in [6.45, 7) is 0. The first-order valence-electron chi connectivity index (χ1n) is 4.14. The monoisotopic (exact) mass is 291 g/mol. The van der Waals surface area contributed by atoms with Crippen molar-refractivity contribution in [3.63, 3.8) is 0 Å². The first-order valence-corrected chi connectivity index (χ1v) is 4.51. The minimum atomic E-state index is -4.46. The van der Waals surface area contributed by atoms with Crippen LogP contribution in [0.3, 0.4) is 0 Å². The lowest BCUT2D eigenvalue weighted by molar-refractivity contribution is -0.387. The molecule has 1 aromatic carbocycles. The third kappa shape index (κ3) is 3.19. The van der Waals surface area contributed by atoms with Gasteiger partial charge >= 0.3 is 17.4 Å². The molecule has 1 unspecified atom stereocenters. The maximum Gasteiger partial charge on any atom is 0.387 e. The second kappa shape index (κ2) is 4.92. The van der Waals surface area contributed by atoms with E-state index in [1.165, 1.54) is 0 Å². The van der Waals surface area contributed by atoms with Crippen LogP contribution in [0.2, 0.25) is 0 Å². The molecule has 0 saturated heterocycles. The van der Waals surface area contributed by atoms with E-state index >= 15 is 0 Å². The van der Waals surface area contributed by atoms with Gasteiger partial charge in [-0.25, -0.2) is 4.39 Å². The molecule has 0 aliphatic carbocycles. The van der Waals surface area contributed by atoms with Crippen LogP contribution in [0.1, 0.15) is 0 Å². The van der Waals surface area contributed by atoms with Crippen molar-refractivity contribution in [2.24, 2.45) is 0 Å². The van der Waals surface area contributed by atoms with Crippen molar-refractivity contribution in [1.29, 1.82) is 0 Å². The lowest BCUT2D eigenvalue weighted by Gasteiger charge is -2.15. The fourth-order valence-corrected chi connectivity index (χ4v) is 0.971. The Morgan fingerprint density at radius 1 is 1.33 bits per heavy atom. The zero-order valence-electron chi connectivity index (χ0n) is 8.17. The number of nitro groups is 1. The van der Waals surface area contributed by atoms with Crippen LogP contribution < -0.4 is 4.74 Å². The predicted octanol–water partition coefficient (Wildman–Crippen LogP) is 3.38. The van der Waals surface area contributed by atoms with Crippen molar-refractivity contribution in [1.82, 2.24) is 0 Å². The SMILES string of the molecule is O=[N+]([O-])c1cc(OC(F)C(F)(F)Cl)c(F)cc1F. The highest BCUT2D eigenvalue weighted by atomic mass is 35.5. The average molecular weight is 292 g/mol. The van der Waals surface area contributed by atoms with E-state index < -0.39 is 39.7 Å². The largest absolute Gasteiger partial charge is 0.450 e. The molecule has 100 valence electrons. The molecule has 10 heteroatoms. The highest BCUT2D eigenvalue weighted by molar-refractivity contribution is 6.22. The summed E-state index contributed by atoms with van der Waals surface area (Å²) in [5.41, 5.74) is -1.25. The highest BCUT2D eigenvalue weighted by Crippen LogP contribution is 2.32. The van der Waals surface area contributed by atoms with Crippen LogP contribution >= 0.6 is 11.6 Å². The molecule has 0 fully saturated rings. The number of halogens is 6. The van der Waals surface area contributed by atoms with Gasteiger partial charge in [0.25, 0.3) is 0 Å². The number of benzene rings is 1. The third-order valence-electron chi connectivity index (χ3n) is 1.69. The predicted molar refractivity (Wildman–Crippen MR) is 49.3 cm³/mol. The highest BCUT2D eigenvalue weighted by Gasteiger charge is 2.40. The Kier molecular flexibility index (Phi) is 3.95. The fraction of sp³-hybridized carbons (Fsp3) is 0.250. The fourth-order valence-electron chi connectivity index (χ4n) is 0.927. The molecule has 0 amide bonds. The van der Waals surface area contributed by atoms with Crippen molar-refractivity contribution in [3.05, 3.63) is 33.9 Å². The summed E-state index contributed by atoms with van der Waals surface area (Å²) in [7, 11) is 0. The molecule has 1 atom stereocenters. The topological polar surface area (TPSA) is 52.4 Å². The lowest BCUT2D eigenvalue weighted by atomic mass is 10.3. The third-order valence-corrected chi connectivity index (χ3v) is 1.86. The lowest BCUT2D eigenvalue weighted by Crippen LogP contribution is -2.29. The zero-order valence-corrected chi connectivity index (χ0v) is 8.93. The van der Waals surface area contributed by atoms with Crippen LogP contribution in [0.5, 0.6) is 5.75 Å². The first-order chi connectivity index (χ1) is 8.12. The molecule has 0 N–H and O–H groups in total. The second-order valence-corrected chi connectivity index (χ2v) is 3.47. The molecule has 0 aromatic heterocycles. The molecule has 4 nitrogen and oxygen atoms in total. The van der Waals surface area contributed by atoms with Gasteiger partial charge in [0.05, 0.1) is 11.0 Å². The molecule has 0 heterocycles. The van der Waals surface area contributed by atoms with Gasteiger partial charge < -0.3 is 4.74 Å². The van der Waals surface area contributed by atoms with Gasteiger partial charge in [-0.05, 0) is 11.6 Å².